The third-order valence-electron chi connectivity index (χ3n) is 2.27. The number of carbonyl (C=O) groups is 2. The highest BCUT2D eigenvalue weighted by atomic mass is 16.2. The molecule has 2 amide bonds. The van der Waals surface area contributed by atoms with Crippen molar-refractivity contribution in [1.82, 2.24) is 15.3 Å². The van der Waals surface area contributed by atoms with Gasteiger partial charge in [0.1, 0.15) is 0 Å². The minimum Gasteiger partial charge on any atom is -0.370 e. The molecule has 1 aromatic rings. The highest BCUT2D eigenvalue weighted by molar-refractivity contribution is 5.82. The molecule has 0 aliphatic carbocycles. The van der Waals surface area contributed by atoms with Gasteiger partial charge in [-0.15, -0.1) is 0 Å². The van der Waals surface area contributed by atoms with Crippen LogP contribution in [0.2, 0.25) is 0 Å². The number of rotatable bonds is 7. The molecule has 94 valence electrons. The fourth-order valence-electron chi connectivity index (χ4n) is 1.30. The summed E-state index contributed by atoms with van der Waals surface area (Å²) < 4.78 is 0. The third kappa shape index (κ3) is 5.12. The Morgan fingerprint density at radius 1 is 1.53 bits per heavy atom. The molecule has 0 radical (unpaired) electrons. The fraction of sp³-hybridized carbons (Fsp3) is 0.500. The molecule has 0 aliphatic rings. The van der Waals surface area contributed by atoms with Crippen LogP contribution < -0.4 is 16.8 Å². The summed E-state index contributed by atoms with van der Waals surface area (Å²) in [5, 5.41) is 2.67. The Hall–Kier alpha value is -1.89. The molecule has 6 N–H and O–H groups in total. The van der Waals surface area contributed by atoms with Crippen LogP contribution in [0.4, 0.5) is 0 Å². The van der Waals surface area contributed by atoms with E-state index in [1.54, 1.807) is 12.5 Å². The summed E-state index contributed by atoms with van der Waals surface area (Å²) in [7, 11) is 0. The van der Waals surface area contributed by atoms with E-state index in [2.05, 4.69) is 15.3 Å². The standard InChI is InChI=1S/C10H17N5O2/c11-8(1-2-9(12)16)10(17)14-4-3-7-5-13-6-15-7/h5-6,8H,1-4,11H2,(H2,12,16)(H,13,15)(H,14,17)/t8-/m0/s1. The average molecular weight is 239 g/mol. The van der Waals surface area contributed by atoms with Gasteiger partial charge < -0.3 is 21.8 Å². The van der Waals surface area contributed by atoms with Gasteiger partial charge in [-0.05, 0) is 6.42 Å². The summed E-state index contributed by atoms with van der Waals surface area (Å²) in [6.07, 6.45) is 4.37. The molecule has 1 atom stereocenters. The number of hydrogen-bond donors (Lipinski definition) is 4. The van der Waals surface area contributed by atoms with Gasteiger partial charge in [0.2, 0.25) is 11.8 Å². The van der Waals surface area contributed by atoms with E-state index >= 15 is 0 Å². The first-order valence-electron chi connectivity index (χ1n) is 5.39. The first kappa shape index (κ1) is 13.2. The molecule has 7 nitrogen and oxygen atoms in total. The summed E-state index contributed by atoms with van der Waals surface area (Å²) in [6, 6.07) is -0.693. The van der Waals surface area contributed by atoms with Crippen LogP contribution in [0.15, 0.2) is 12.5 Å². The average Bonchev–Trinajstić information content (AvgIpc) is 2.78. The Balaban J connectivity index is 2.17. The molecule has 0 aliphatic heterocycles. The SMILES string of the molecule is NC(=O)CC[C@H](N)C(=O)NCCc1c[nH]cn1. The molecule has 0 unspecified atom stereocenters. The number of nitrogens with one attached hydrogen (secondary N) is 2. The molecule has 17 heavy (non-hydrogen) atoms. The Bertz CT molecular complexity index is 363. The van der Waals surface area contributed by atoms with E-state index in [9.17, 15) is 9.59 Å². The van der Waals surface area contributed by atoms with Crippen LogP contribution in [-0.4, -0.2) is 34.4 Å². The maximum atomic E-state index is 11.5. The fourth-order valence-corrected chi connectivity index (χ4v) is 1.30. The van der Waals surface area contributed by atoms with E-state index in [-0.39, 0.29) is 18.7 Å². The highest BCUT2D eigenvalue weighted by Gasteiger charge is 2.13. The van der Waals surface area contributed by atoms with Crippen LogP contribution in [0.5, 0.6) is 0 Å². The summed E-state index contributed by atoms with van der Waals surface area (Å²) in [4.78, 5) is 28.8. The van der Waals surface area contributed by atoms with Gasteiger partial charge in [0.05, 0.1) is 18.1 Å². The first-order valence-corrected chi connectivity index (χ1v) is 5.39. The van der Waals surface area contributed by atoms with Crippen molar-refractivity contribution in [3.63, 3.8) is 0 Å². The zero-order chi connectivity index (χ0) is 12.7. The zero-order valence-electron chi connectivity index (χ0n) is 9.48. The number of aromatic nitrogens is 2. The second-order valence-electron chi connectivity index (χ2n) is 3.71. The number of primary amides is 1. The van der Waals surface area contributed by atoms with Crippen LogP contribution in [0, 0.1) is 0 Å². The van der Waals surface area contributed by atoms with E-state index in [0.717, 1.165) is 5.69 Å². The maximum absolute atomic E-state index is 11.5. The maximum Gasteiger partial charge on any atom is 0.236 e. The minimum atomic E-state index is -0.693. The number of carbonyl (C=O) groups excluding carboxylic acids is 2. The zero-order valence-corrected chi connectivity index (χ0v) is 9.48. The summed E-state index contributed by atoms with van der Waals surface area (Å²) >= 11 is 0. The highest BCUT2D eigenvalue weighted by Crippen LogP contribution is 1.95. The van der Waals surface area contributed by atoms with Gasteiger partial charge in [0.25, 0.3) is 0 Å². The van der Waals surface area contributed by atoms with Crippen LogP contribution >= 0.6 is 0 Å². The smallest absolute Gasteiger partial charge is 0.236 e. The summed E-state index contributed by atoms with van der Waals surface area (Å²) in [5.41, 5.74) is 11.4. The van der Waals surface area contributed by atoms with Crippen molar-refractivity contribution in [2.75, 3.05) is 6.54 Å². The number of nitrogens with two attached hydrogens (primary N) is 2. The van der Waals surface area contributed by atoms with E-state index in [4.69, 9.17) is 11.5 Å². The molecule has 0 saturated heterocycles. The lowest BCUT2D eigenvalue weighted by Gasteiger charge is -2.10. The monoisotopic (exact) mass is 239 g/mol. The van der Waals surface area contributed by atoms with Crippen molar-refractivity contribution in [3.05, 3.63) is 18.2 Å². The van der Waals surface area contributed by atoms with E-state index in [1.807, 2.05) is 0 Å². The molecule has 0 aromatic carbocycles. The lowest BCUT2D eigenvalue weighted by molar-refractivity contribution is -0.122. The van der Waals surface area contributed by atoms with Gasteiger partial charge in [-0.3, -0.25) is 9.59 Å². The molecule has 0 fully saturated rings. The van der Waals surface area contributed by atoms with Crippen molar-refractivity contribution in [3.8, 4) is 0 Å². The van der Waals surface area contributed by atoms with Gasteiger partial charge in [-0.25, -0.2) is 4.98 Å². The van der Waals surface area contributed by atoms with Crippen LogP contribution in [0.25, 0.3) is 0 Å². The number of hydrogen-bond acceptors (Lipinski definition) is 4. The number of imidazole rings is 1. The van der Waals surface area contributed by atoms with Gasteiger partial charge in [0, 0.05) is 25.6 Å². The predicted octanol–water partition coefficient (Wildman–Crippen LogP) is -1.34. The van der Waals surface area contributed by atoms with Crippen molar-refractivity contribution in [2.24, 2.45) is 11.5 Å². The summed E-state index contributed by atoms with van der Waals surface area (Å²) in [5.74, 6) is -0.730. The Kier molecular flexibility index (Phi) is 5.15. The number of aromatic amines is 1. The predicted molar refractivity (Wildman–Crippen MR) is 61.7 cm³/mol. The van der Waals surface area contributed by atoms with Crippen LogP contribution in [-0.2, 0) is 16.0 Å². The summed E-state index contributed by atoms with van der Waals surface area (Å²) in [6.45, 7) is 0.466. The van der Waals surface area contributed by atoms with Gasteiger partial charge in [-0.1, -0.05) is 0 Å². The lowest BCUT2D eigenvalue weighted by Crippen LogP contribution is -2.41. The normalized spacial score (nSPS) is 12.1. The van der Waals surface area contributed by atoms with Gasteiger partial charge in [0.15, 0.2) is 0 Å². The molecule has 0 spiro atoms. The third-order valence-corrected chi connectivity index (χ3v) is 2.27. The Morgan fingerprint density at radius 3 is 2.88 bits per heavy atom. The lowest BCUT2D eigenvalue weighted by atomic mass is 10.1. The largest absolute Gasteiger partial charge is 0.370 e. The van der Waals surface area contributed by atoms with Crippen molar-refractivity contribution < 1.29 is 9.59 Å². The van der Waals surface area contributed by atoms with Crippen molar-refractivity contribution >= 4 is 11.8 Å². The quantitative estimate of drug-likeness (QED) is 0.469. The number of nitrogens with zero attached hydrogens (tertiary/aromatic N) is 1. The van der Waals surface area contributed by atoms with E-state index in [1.165, 1.54) is 0 Å². The molecule has 1 heterocycles. The molecule has 0 saturated carbocycles. The number of H-pyrrole nitrogens is 1. The molecule has 1 rings (SSSR count). The second kappa shape index (κ2) is 6.64. The number of amides is 2. The molecular formula is C10H17N5O2. The minimum absolute atomic E-state index is 0.119. The molecular weight excluding hydrogens is 222 g/mol. The van der Waals surface area contributed by atoms with Gasteiger partial charge in [-0.2, -0.15) is 0 Å². The van der Waals surface area contributed by atoms with E-state index in [0.29, 0.717) is 13.0 Å². The molecule has 7 heteroatoms. The topological polar surface area (TPSA) is 127 Å². The van der Waals surface area contributed by atoms with Crippen molar-refractivity contribution in [1.29, 1.82) is 0 Å². The van der Waals surface area contributed by atoms with Gasteiger partial charge >= 0.3 is 0 Å². The van der Waals surface area contributed by atoms with Crippen LogP contribution in [0.1, 0.15) is 18.5 Å². The Labute approximate surface area is 99.0 Å². The van der Waals surface area contributed by atoms with Crippen LogP contribution in [0.3, 0.4) is 0 Å². The van der Waals surface area contributed by atoms with E-state index < -0.39 is 11.9 Å². The van der Waals surface area contributed by atoms with Crippen molar-refractivity contribution in [2.45, 2.75) is 25.3 Å². The molecule has 0 bridgehead atoms. The molecule has 1 aromatic heterocycles. The first-order chi connectivity index (χ1) is 8.09. The second-order valence-corrected chi connectivity index (χ2v) is 3.71. The Morgan fingerprint density at radius 2 is 2.29 bits per heavy atom.